The third-order valence-electron chi connectivity index (χ3n) is 6.23. The molecule has 6 heteroatoms. The van der Waals surface area contributed by atoms with Crippen LogP contribution in [0.15, 0.2) is 24.3 Å². The number of nitrogens with zero attached hydrogens (tertiary/aromatic N) is 2. The van der Waals surface area contributed by atoms with E-state index in [9.17, 15) is 14.0 Å². The number of pyridine rings is 1. The number of aryl methyl sites for hydroxylation is 1. The number of carbonyl (C=O) groups is 2. The van der Waals surface area contributed by atoms with Gasteiger partial charge in [-0.05, 0) is 50.8 Å². The normalized spacial score (nSPS) is 18.8. The lowest BCUT2D eigenvalue weighted by Crippen LogP contribution is -2.48. The van der Waals surface area contributed by atoms with Crippen LogP contribution in [0.5, 0.6) is 0 Å². The fourth-order valence-electron chi connectivity index (χ4n) is 4.59. The molecule has 1 aliphatic carbocycles. The predicted octanol–water partition coefficient (Wildman–Crippen LogP) is 3.98. The van der Waals surface area contributed by atoms with Crippen LogP contribution in [0.4, 0.5) is 4.39 Å². The van der Waals surface area contributed by atoms with Crippen LogP contribution >= 0.6 is 0 Å². The molecule has 0 unspecified atom stereocenters. The summed E-state index contributed by atoms with van der Waals surface area (Å²) < 4.78 is 13.6. The van der Waals surface area contributed by atoms with Gasteiger partial charge in [0.2, 0.25) is 5.91 Å². The van der Waals surface area contributed by atoms with E-state index in [1.807, 2.05) is 11.8 Å². The highest BCUT2D eigenvalue weighted by Gasteiger charge is 2.28. The third-order valence-corrected chi connectivity index (χ3v) is 6.23. The Morgan fingerprint density at radius 3 is 2.52 bits per heavy atom. The first-order valence-corrected chi connectivity index (χ1v) is 10.7. The summed E-state index contributed by atoms with van der Waals surface area (Å²) >= 11 is 0. The van der Waals surface area contributed by atoms with Crippen molar-refractivity contribution in [1.29, 1.82) is 0 Å². The summed E-state index contributed by atoms with van der Waals surface area (Å²) in [5.41, 5.74) is 1.77. The number of likely N-dealkylation sites (tertiary alicyclic amines) is 1. The average molecular weight is 397 g/mol. The molecule has 0 bridgehead atoms. The SMILES string of the molecule is Cc1cc(C(=O)N2CCC(NC(=O)C3CCCCC3)CC2)c2ccc(F)cc2n1. The molecule has 2 fully saturated rings. The minimum absolute atomic E-state index is 0.0517. The summed E-state index contributed by atoms with van der Waals surface area (Å²) in [6.07, 6.45) is 7.06. The minimum atomic E-state index is -0.358. The highest BCUT2D eigenvalue weighted by Crippen LogP contribution is 2.25. The van der Waals surface area contributed by atoms with Crippen molar-refractivity contribution in [2.24, 2.45) is 5.92 Å². The van der Waals surface area contributed by atoms with E-state index in [-0.39, 0.29) is 29.6 Å². The molecule has 4 rings (SSSR count). The Kier molecular flexibility index (Phi) is 5.79. The van der Waals surface area contributed by atoms with E-state index in [1.165, 1.54) is 18.6 Å². The van der Waals surface area contributed by atoms with Crippen molar-refractivity contribution >= 4 is 22.7 Å². The number of fused-ring (bicyclic) bond motifs is 1. The molecule has 2 aliphatic rings. The number of aromatic nitrogens is 1. The third kappa shape index (κ3) is 4.41. The largest absolute Gasteiger partial charge is 0.353 e. The molecule has 0 spiro atoms. The predicted molar refractivity (Wildman–Crippen MR) is 110 cm³/mol. The van der Waals surface area contributed by atoms with Crippen molar-refractivity contribution in [2.75, 3.05) is 13.1 Å². The highest BCUT2D eigenvalue weighted by atomic mass is 19.1. The van der Waals surface area contributed by atoms with Crippen LogP contribution in [0.25, 0.3) is 10.9 Å². The van der Waals surface area contributed by atoms with Gasteiger partial charge in [-0.2, -0.15) is 0 Å². The van der Waals surface area contributed by atoms with Gasteiger partial charge in [0.05, 0.1) is 11.1 Å². The Morgan fingerprint density at radius 1 is 1.07 bits per heavy atom. The number of carbonyl (C=O) groups excluding carboxylic acids is 2. The maximum absolute atomic E-state index is 13.6. The lowest BCUT2D eigenvalue weighted by molar-refractivity contribution is -0.126. The van der Waals surface area contributed by atoms with Gasteiger partial charge in [-0.25, -0.2) is 4.39 Å². The molecule has 1 saturated heterocycles. The summed E-state index contributed by atoms with van der Waals surface area (Å²) in [7, 11) is 0. The van der Waals surface area contributed by atoms with Gasteiger partial charge < -0.3 is 10.2 Å². The fourth-order valence-corrected chi connectivity index (χ4v) is 4.59. The van der Waals surface area contributed by atoms with Crippen LogP contribution < -0.4 is 5.32 Å². The number of nitrogens with one attached hydrogen (secondary N) is 1. The van der Waals surface area contributed by atoms with Gasteiger partial charge >= 0.3 is 0 Å². The Labute approximate surface area is 170 Å². The van der Waals surface area contributed by atoms with Gasteiger partial charge in [0, 0.05) is 42.2 Å². The number of hydrogen-bond donors (Lipinski definition) is 1. The molecule has 2 heterocycles. The lowest BCUT2D eigenvalue weighted by atomic mass is 9.88. The van der Waals surface area contributed by atoms with Crippen LogP contribution in [0.3, 0.4) is 0 Å². The maximum Gasteiger partial charge on any atom is 0.254 e. The molecule has 2 amide bonds. The van der Waals surface area contributed by atoms with Crippen molar-refractivity contribution in [3.05, 3.63) is 41.3 Å². The number of halogens is 1. The Hall–Kier alpha value is -2.50. The highest BCUT2D eigenvalue weighted by molar-refractivity contribution is 6.06. The molecule has 2 aromatic rings. The molecule has 1 aromatic heterocycles. The zero-order valence-electron chi connectivity index (χ0n) is 16.9. The first kappa shape index (κ1) is 19.8. The zero-order valence-corrected chi connectivity index (χ0v) is 16.9. The van der Waals surface area contributed by atoms with E-state index in [4.69, 9.17) is 0 Å². The van der Waals surface area contributed by atoms with Crippen LogP contribution in [0.1, 0.15) is 61.0 Å². The molecule has 29 heavy (non-hydrogen) atoms. The molecular formula is C23H28FN3O2. The molecule has 1 aromatic carbocycles. The van der Waals surface area contributed by atoms with Gasteiger partial charge in [-0.1, -0.05) is 19.3 Å². The summed E-state index contributed by atoms with van der Waals surface area (Å²) in [5.74, 6) is -0.0603. The second-order valence-electron chi connectivity index (χ2n) is 8.38. The number of piperidine rings is 1. The van der Waals surface area contributed by atoms with E-state index < -0.39 is 0 Å². The summed E-state index contributed by atoms with van der Waals surface area (Å²) in [6, 6.07) is 6.27. The van der Waals surface area contributed by atoms with E-state index >= 15 is 0 Å². The molecule has 1 saturated carbocycles. The zero-order chi connectivity index (χ0) is 20.4. The van der Waals surface area contributed by atoms with Gasteiger partial charge in [-0.3, -0.25) is 14.6 Å². The van der Waals surface area contributed by atoms with Crippen molar-refractivity contribution in [3.8, 4) is 0 Å². The second-order valence-corrected chi connectivity index (χ2v) is 8.38. The smallest absolute Gasteiger partial charge is 0.254 e. The molecule has 0 atom stereocenters. The van der Waals surface area contributed by atoms with Gasteiger partial charge in [-0.15, -0.1) is 0 Å². The van der Waals surface area contributed by atoms with Crippen LogP contribution in [0, 0.1) is 18.7 Å². The van der Waals surface area contributed by atoms with Crippen LogP contribution in [0.2, 0.25) is 0 Å². The van der Waals surface area contributed by atoms with Gasteiger partial charge in [0.1, 0.15) is 5.82 Å². The van der Waals surface area contributed by atoms with E-state index in [1.54, 1.807) is 12.1 Å². The van der Waals surface area contributed by atoms with Gasteiger partial charge in [0.15, 0.2) is 0 Å². The Bertz CT molecular complexity index is 910. The number of benzene rings is 1. The standard InChI is InChI=1S/C23H28FN3O2/c1-15-13-20(19-8-7-17(24)14-21(19)25-15)23(29)27-11-9-18(10-12-27)26-22(28)16-5-3-2-4-6-16/h7-8,13-14,16,18H,2-6,9-12H2,1H3,(H,26,28). The van der Waals surface area contributed by atoms with Gasteiger partial charge in [0.25, 0.3) is 5.91 Å². The fraction of sp³-hybridized carbons (Fsp3) is 0.522. The van der Waals surface area contributed by atoms with E-state index in [0.717, 1.165) is 38.5 Å². The number of hydrogen-bond acceptors (Lipinski definition) is 3. The molecule has 154 valence electrons. The molecule has 5 nitrogen and oxygen atoms in total. The monoisotopic (exact) mass is 397 g/mol. The first-order chi connectivity index (χ1) is 14.0. The average Bonchev–Trinajstić information content (AvgIpc) is 2.73. The topological polar surface area (TPSA) is 62.3 Å². The Morgan fingerprint density at radius 2 is 1.79 bits per heavy atom. The van der Waals surface area contributed by atoms with Crippen LogP contribution in [-0.2, 0) is 4.79 Å². The van der Waals surface area contributed by atoms with Crippen molar-refractivity contribution in [3.63, 3.8) is 0 Å². The molecular weight excluding hydrogens is 369 g/mol. The molecule has 1 N–H and O–H groups in total. The van der Waals surface area contributed by atoms with Crippen molar-refractivity contribution in [2.45, 2.75) is 57.9 Å². The molecule has 1 aliphatic heterocycles. The van der Waals surface area contributed by atoms with E-state index in [2.05, 4.69) is 10.3 Å². The minimum Gasteiger partial charge on any atom is -0.353 e. The van der Waals surface area contributed by atoms with Crippen LogP contribution in [-0.4, -0.2) is 40.8 Å². The number of rotatable bonds is 3. The Balaban J connectivity index is 1.40. The summed E-state index contributed by atoms with van der Waals surface area (Å²) in [6.45, 7) is 3.03. The van der Waals surface area contributed by atoms with E-state index in [0.29, 0.717) is 35.2 Å². The quantitative estimate of drug-likeness (QED) is 0.852. The second kappa shape index (κ2) is 8.47. The summed E-state index contributed by atoms with van der Waals surface area (Å²) in [4.78, 5) is 31.8. The lowest BCUT2D eigenvalue weighted by Gasteiger charge is -2.33. The van der Waals surface area contributed by atoms with Crippen molar-refractivity contribution in [1.82, 2.24) is 15.2 Å². The maximum atomic E-state index is 13.6. The summed E-state index contributed by atoms with van der Waals surface area (Å²) in [5, 5.41) is 3.88. The first-order valence-electron chi connectivity index (χ1n) is 10.7. The number of amides is 2. The molecule has 0 radical (unpaired) electrons. The van der Waals surface area contributed by atoms with Crippen molar-refractivity contribution < 1.29 is 14.0 Å².